The minimum Gasteiger partial charge on any atom is -0.481 e. The first-order valence-electron chi connectivity index (χ1n) is 5.29. The Kier molecular flexibility index (Phi) is 5.18. The van der Waals surface area contributed by atoms with Gasteiger partial charge in [-0.05, 0) is 18.4 Å². The van der Waals surface area contributed by atoms with Crippen LogP contribution in [0.25, 0.3) is 0 Å². The maximum atomic E-state index is 11.2. The van der Waals surface area contributed by atoms with Crippen LogP contribution in [0.3, 0.4) is 0 Å². The smallest absolute Gasteiger partial charge is 0.304 e. The maximum absolute atomic E-state index is 11.2. The van der Waals surface area contributed by atoms with Gasteiger partial charge in [-0.1, -0.05) is 24.3 Å². The molecule has 1 rings (SSSR count). The van der Waals surface area contributed by atoms with Crippen LogP contribution in [0.1, 0.15) is 28.8 Å². The van der Waals surface area contributed by atoms with E-state index in [9.17, 15) is 9.59 Å². The lowest BCUT2D eigenvalue weighted by molar-refractivity contribution is -0.137. The topological polar surface area (TPSA) is 80.4 Å². The Hall–Kier alpha value is -1.33. The molecule has 0 bridgehead atoms. The number of rotatable bonds is 6. The molecule has 1 unspecified atom stereocenters. The van der Waals surface area contributed by atoms with E-state index in [2.05, 4.69) is 12.6 Å². The van der Waals surface area contributed by atoms with Crippen LogP contribution in [0.5, 0.6) is 0 Å². The fraction of sp³-hybridized carbons (Fsp3) is 0.333. The molecule has 0 aliphatic heterocycles. The van der Waals surface area contributed by atoms with Crippen molar-refractivity contribution in [2.75, 3.05) is 0 Å². The summed E-state index contributed by atoms with van der Waals surface area (Å²) in [6.07, 6.45) is 1.05. The van der Waals surface area contributed by atoms with Crippen LogP contribution in [-0.4, -0.2) is 22.2 Å². The zero-order valence-corrected chi connectivity index (χ0v) is 10.2. The number of hydrogen-bond donors (Lipinski definition) is 3. The summed E-state index contributed by atoms with van der Waals surface area (Å²) in [5.41, 5.74) is 7.07. The first-order valence-corrected chi connectivity index (χ1v) is 5.74. The van der Waals surface area contributed by atoms with Gasteiger partial charge >= 0.3 is 5.97 Å². The van der Waals surface area contributed by atoms with Crippen molar-refractivity contribution < 1.29 is 14.7 Å². The number of carboxylic acids is 1. The minimum absolute atomic E-state index is 0.0585. The number of benzene rings is 1. The summed E-state index contributed by atoms with van der Waals surface area (Å²) in [6.45, 7) is 0. The van der Waals surface area contributed by atoms with E-state index in [4.69, 9.17) is 10.8 Å². The molecular weight excluding hydrogens is 238 g/mol. The Labute approximate surface area is 105 Å². The molecule has 5 heteroatoms. The molecule has 1 aromatic rings. The Morgan fingerprint density at radius 1 is 1.35 bits per heavy atom. The van der Waals surface area contributed by atoms with E-state index in [-0.39, 0.29) is 11.5 Å². The van der Waals surface area contributed by atoms with E-state index in [1.165, 1.54) is 0 Å². The summed E-state index contributed by atoms with van der Waals surface area (Å²) in [4.78, 5) is 21.7. The highest BCUT2D eigenvalue weighted by Crippen LogP contribution is 2.14. The Balaban J connectivity index is 2.63. The normalized spacial score (nSPS) is 12.1. The Bertz CT molecular complexity index is 420. The lowest BCUT2D eigenvalue weighted by Crippen LogP contribution is -2.24. The molecule has 0 aromatic heterocycles. The van der Waals surface area contributed by atoms with Gasteiger partial charge in [0.1, 0.15) is 0 Å². The molecule has 3 N–H and O–H groups in total. The Morgan fingerprint density at radius 2 is 2.00 bits per heavy atom. The van der Waals surface area contributed by atoms with Crippen molar-refractivity contribution >= 4 is 23.7 Å². The van der Waals surface area contributed by atoms with Crippen molar-refractivity contribution in [3.05, 3.63) is 35.4 Å². The predicted octanol–water partition coefficient (Wildman–Crippen LogP) is 1.49. The van der Waals surface area contributed by atoms with Gasteiger partial charge in [0.2, 0.25) is 5.12 Å². The van der Waals surface area contributed by atoms with Crippen LogP contribution in [0.15, 0.2) is 24.3 Å². The molecule has 0 amide bonds. The summed E-state index contributed by atoms with van der Waals surface area (Å²) in [5, 5.41) is 8.29. The third kappa shape index (κ3) is 4.58. The van der Waals surface area contributed by atoms with Gasteiger partial charge in [0, 0.05) is 11.6 Å². The van der Waals surface area contributed by atoms with Crippen LogP contribution in [0.4, 0.5) is 0 Å². The second-order valence-electron chi connectivity index (χ2n) is 3.86. The summed E-state index contributed by atoms with van der Waals surface area (Å²) in [7, 11) is 0. The van der Waals surface area contributed by atoms with Gasteiger partial charge in [0.15, 0.2) is 0 Å². The van der Waals surface area contributed by atoms with Gasteiger partial charge in [0.25, 0.3) is 0 Å². The van der Waals surface area contributed by atoms with Crippen molar-refractivity contribution in [2.24, 2.45) is 5.73 Å². The largest absolute Gasteiger partial charge is 0.481 e. The zero-order chi connectivity index (χ0) is 12.8. The summed E-state index contributed by atoms with van der Waals surface area (Å²) in [6, 6.07) is 6.74. The van der Waals surface area contributed by atoms with Crippen molar-refractivity contribution in [3.63, 3.8) is 0 Å². The highest BCUT2D eigenvalue weighted by atomic mass is 32.1. The fourth-order valence-corrected chi connectivity index (χ4v) is 1.83. The monoisotopic (exact) mass is 253 g/mol. The lowest BCUT2D eigenvalue weighted by atomic mass is 10.00. The van der Waals surface area contributed by atoms with Gasteiger partial charge < -0.3 is 10.8 Å². The van der Waals surface area contributed by atoms with Crippen molar-refractivity contribution in [1.29, 1.82) is 0 Å². The van der Waals surface area contributed by atoms with Crippen molar-refractivity contribution in [3.8, 4) is 0 Å². The molecule has 1 aromatic carbocycles. The van der Waals surface area contributed by atoms with Crippen LogP contribution in [-0.2, 0) is 11.2 Å². The molecule has 0 radical (unpaired) electrons. The summed E-state index contributed by atoms with van der Waals surface area (Å²) < 4.78 is 0. The van der Waals surface area contributed by atoms with Crippen molar-refractivity contribution in [2.45, 2.75) is 25.3 Å². The number of carbonyl (C=O) groups excluding carboxylic acids is 1. The van der Waals surface area contributed by atoms with Gasteiger partial charge in [-0.25, -0.2) is 0 Å². The number of aryl methyl sites for hydroxylation is 1. The van der Waals surface area contributed by atoms with E-state index >= 15 is 0 Å². The zero-order valence-electron chi connectivity index (χ0n) is 9.30. The first kappa shape index (κ1) is 13.7. The molecule has 0 saturated heterocycles. The van der Waals surface area contributed by atoms with E-state index < -0.39 is 12.0 Å². The van der Waals surface area contributed by atoms with Crippen LogP contribution in [0.2, 0.25) is 0 Å². The number of carboxylic acid groups (broad SMARTS) is 1. The lowest BCUT2D eigenvalue weighted by Gasteiger charge is -2.10. The van der Waals surface area contributed by atoms with Gasteiger partial charge in [-0.3, -0.25) is 9.59 Å². The van der Waals surface area contributed by atoms with Crippen LogP contribution in [0, 0.1) is 0 Å². The average Bonchev–Trinajstić information content (AvgIpc) is 2.25. The molecule has 92 valence electrons. The first-order chi connectivity index (χ1) is 8.00. The van der Waals surface area contributed by atoms with Crippen molar-refractivity contribution in [1.82, 2.24) is 0 Å². The molecule has 0 aliphatic carbocycles. The average molecular weight is 253 g/mol. The number of hydrogen-bond acceptors (Lipinski definition) is 3. The summed E-state index contributed by atoms with van der Waals surface area (Å²) in [5.74, 6) is -0.906. The molecule has 0 saturated carbocycles. The van der Waals surface area contributed by atoms with Gasteiger partial charge in [0.05, 0.1) is 6.42 Å². The number of aliphatic carboxylic acids is 1. The van der Waals surface area contributed by atoms with Crippen LogP contribution >= 0.6 is 12.6 Å². The number of carbonyl (C=O) groups is 2. The third-order valence-electron chi connectivity index (χ3n) is 2.47. The van der Waals surface area contributed by atoms with E-state index in [1.807, 2.05) is 12.1 Å². The third-order valence-corrected chi connectivity index (χ3v) is 2.71. The molecule has 0 aliphatic rings. The molecular formula is C12H15NO3S. The van der Waals surface area contributed by atoms with Gasteiger partial charge in [-0.2, -0.15) is 0 Å². The number of nitrogens with two attached hydrogens (primary N) is 1. The molecule has 17 heavy (non-hydrogen) atoms. The quantitative estimate of drug-likeness (QED) is 0.671. The SMILES string of the molecule is NC(CCc1ccccc1C(=O)S)CC(=O)O. The molecule has 4 nitrogen and oxygen atoms in total. The standard InChI is InChI=1S/C12H15NO3S/c13-9(7-11(14)15)6-5-8-3-1-2-4-10(8)12(16)17/h1-4,9H,5-7,13H2,(H,14,15)(H,16,17). The second kappa shape index (κ2) is 6.42. The van der Waals surface area contributed by atoms with Crippen LogP contribution < -0.4 is 5.73 Å². The van der Waals surface area contributed by atoms with Gasteiger partial charge in [-0.15, -0.1) is 12.6 Å². The molecule has 0 fully saturated rings. The predicted molar refractivity (Wildman–Crippen MR) is 68.3 cm³/mol. The second-order valence-corrected chi connectivity index (χ2v) is 4.27. The number of thiol groups is 1. The minimum atomic E-state index is -0.906. The fourth-order valence-electron chi connectivity index (χ4n) is 1.61. The van der Waals surface area contributed by atoms with E-state index in [0.29, 0.717) is 18.4 Å². The highest BCUT2D eigenvalue weighted by Gasteiger charge is 2.11. The maximum Gasteiger partial charge on any atom is 0.304 e. The molecule has 0 spiro atoms. The summed E-state index contributed by atoms with van der Waals surface area (Å²) >= 11 is 3.79. The highest BCUT2D eigenvalue weighted by molar-refractivity contribution is 7.97. The van der Waals surface area contributed by atoms with E-state index in [0.717, 1.165) is 5.56 Å². The van der Waals surface area contributed by atoms with E-state index in [1.54, 1.807) is 12.1 Å². The molecule has 1 atom stereocenters. The Morgan fingerprint density at radius 3 is 2.59 bits per heavy atom. The molecule has 0 heterocycles.